The van der Waals surface area contributed by atoms with Gasteiger partial charge in [0.2, 0.25) is 5.91 Å². The number of aromatic amines is 1. The van der Waals surface area contributed by atoms with Crippen molar-refractivity contribution in [2.45, 2.75) is 12.5 Å². The standard InChI is InChI=1S/C25H20ClN3O2/c26-21-13-11-19(12-14-21)24-27-16-20(25(31)29-24)15-22(30)28-23(17-7-3-1-4-8-17)18-9-5-2-6-10-18/h1-14,16,23H,15H2,(H,28,30)(H,27,29,31). The van der Waals surface area contributed by atoms with E-state index in [1.165, 1.54) is 6.20 Å². The molecular formula is C25H20ClN3O2. The molecule has 1 amide bonds. The van der Waals surface area contributed by atoms with Crippen LogP contribution in [0.5, 0.6) is 0 Å². The molecule has 0 atom stereocenters. The molecule has 154 valence electrons. The summed E-state index contributed by atoms with van der Waals surface area (Å²) in [4.78, 5) is 32.4. The quantitative estimate of drug-likeness (QED) is 0.472. The third-order valence-corrected chi connectivity index (χ3v) is 5.16. The molecule has 0 aliphatic rings. The summed E-state index contributed by atoms with van der Waals surface area (Å²) in [6.07, 6.45) is 1.38. The summed E-state index contributed by atoms with van der Waals surface area (Å²) in [5.74, 6) is 0.168. The van der Waals surface area contributed by atoms with Crippen LogP contribution >= 0.6 is 11.6 Å². The molecule has 0 unspecified atom stereocenters. The zero-order valence-electron chi connectivity index (χ0n) is 16.6. The van der Waals surface area contributed by atoms with Crippen molar-refractivity contribution < 1.29 is 4.79 Å². The maximum atomic E-state index is 12.8. The molecule has 0 saturated carbocycles. The summed E-state index contributed by atoms with van der Waals surface area (Å²) < 4.78 is 0. The number of aromatic nitrogens is 2. The molecule has 2 N–H and O–H groups in total. The Morgan fingerprint density at radius 1 is 0.903 bits per heavy atom. The van der Waals surface area contributed by atoms with Gasteiger partial charge in [0.15, 0.2) is 0 Å². The van der Waals surface area contributed by atoms with Gasteiger partial charge in [0.05, 0.1) is 12.5 Å². The van der Waals surface area contributed by atoms with Crippen molar-refractivity contribution in [1.82, 2.24) is 15.3 Å². The fraction of sp³-hybridized carbons (Fsp3) is 0.0800. The molecule has 6 heteroatoms. The van der Waals surface area contributed by atoms with Crippen LogP contribution in [0.4, 0.5) is 0 Å². The highest BCUT2D eigenvalue weighted by Gasteiger charge is 2.18. The molecule has 0 aliphatic heterocycles. The number of nitrogens with one attached hydrogen (secondary N) is 2. The van der Waals surface area contributed by atoms with Gasteiger partial charge in [-0.2, -0.15) is 0 Å². The Morgan fingerprint density at radius 2 is 1.48 bits per heavy atom. The van der Waals surface area contributed by atoms with Crippen molar-refractivity contribution in [3.05, 3.63) is 123 Å². The van der Waals surface area contributed by atoms with E-state index in [0.717, 1.165) is 16.7 Å². The van der Waals surface area contributed by atoms with Crippen LogP contribution in [0.2, 0.25) is 5.02 Å². The van der Waals surface area contributed by atoms with Crippen molar-refractivity contribution in [3.8, 4) is 11.4 Å². The van der Waals surface area contributed by atoms with Gasteiger partial charge < -0.3 is 10.3 Å². The highest BCUT2D eigenvalue weighted by molar-refractivity contribution is 6.30. The Labute approximate surface area is 184 Å². The lowest BCUT2D eigenvalue weighted by Crippen LogP contribution is -2.32. The predicted octanol–water partition coefficient (Wildman–Crippen LogP) is 4.54. The number of nitrogens with zero attached hydrogens (tertiary/aromatic N) is 1. The molecule has 0 saturated heterocycles. The van der Waals surface area contributed by atoms with E-state index in [2.05, 4.69) is 15.3 Å². The third-order valence-electron chi connectivity index (χ3n) is 4.91. The number of H-pyrrole nitrogens is 1. The van der Waals surface area contributed by atoms with Crippen molar-refractivity contribution in [3.63, 3.8) is 0 Å². The summed E-state index contributed by atoms with van der Waals surface area (Å²) in [6, 6.07) is 26.1. The van der Waals surface area contributed by atoms with Gasteiger partial charge >= 0.3 is 0 Å². The first-order valence-electron chi connectivity index (χ1n) is 9.83. The lowest BCUT2D eigenvalue weighted by Gasteiger charge is -2.20. The fourth-order valence-corrected chi connectivity index (χ4v) is 3.46. The summed E-state index contributed by atoms with van der Waals surface area (Å²) in [7, 11) is 0. The summed E-state index contributed by atoms with van der Waals surface area (Å²) in [5, 5.41) is 3.65. The van der Waals surface area contributed by atoms with Gasteiger partial charge in [-0.25, -0.2) is 4.98 Å². The third kappa shape index (κ3) is 5.08. The summed E-state index contributed by atoms with van der Waals surface area (Å²) in [5.41, 5.74) is 2.63. The van der Waals surface area contributed by atoms with Gasteiger partial charge in [0.1, 0.15) is 5.82 Å². The van der Waals surface area contributed by atoms with Crippen LogP contribution in [-0.2, 0) is 11.2 Å². The maximum absolute atomic E-state index is 12.8. The van der Waals surface area contributed by atoms with Crippen LogP contribution in [-0.4, -0.2) is 15.9 Å². The average Bonchev–Trinajstić information content (AvgIpc) is 2.80. The van der Waals surface area contributed by atoms with Crippen molar-refractivity contribution in [1.29, 1.82) is 0 Å². The molecule has 4 rings (SSSR count). The molecule has 0 fully saturated rings. The van der Waals surface area contributed by atoms with Gasteiger partial charge in [0.25, 0.3) is 5.56 Å². The first-order chi connectivity index (χ1) is 15.1. The molecule has 1 heterocycles. The molecule has 0 spiro atoms. The number of rotatable bonds is 6. The number of amides is 1. The number of halogens is 1. The molecule has 0 bridgehead atoms. The number of carbonyl (C=O) groups is 1. The molecule has 31 heavy (non-hydrogen) atoms. The van der Waals surface area contributed by atoms with Crippen molar-refractivity contribution >= 4 is 17.5 Å². The molecule has 0 aliphatic carbocycles. The molecule has 3 aromatic carbocycles. The number of hydrogen-bond acceptors (Lipinski definition) is 3. The summed E-state index contributed by atoms with van der Waals surface area (Å²) in [6.45, 7) is 0. The second kappa shape index (κ2) is 9.41. The Morgan fingerprint density at radius 3 is 2.03 bits per heavy atom. The van der Waals surface area contributed by atoms with Crippen LogP contribution in [0.1, 0.15) is 22.7 Å². The minimum absolute atomic E-state index is 0.0700. The van der Waals surface area contributed by atoms with E-state index >= 15 is 0 Å². The number of benzene rings is 3. The van der Waals surface area contributed by atoms with Crippen LogP contribution in [0.25, 0.3) is 11.4 Å². The van der Waals surface area contributed by atoms with Crippen LogP contribution in [0, 0.1) is 0 Å². The first-order valence-corrected chi connectivity index (χ1v) is 10.2. The highest BCUT2D eigenvalue weighted by atomic mass is 35.5. The molecule has 0 radical (unpaired) electrons. The number of carbonyl (C=O) groups excluding carboxylic acids is 1. The average molecular weight is 430 g/mol. The monoisotopic (exact) mass is 429 g/mol. The van der Waals surface area contributed by atoms with Crippen LogP contribution < -0.4 is 10.9 Å². The second-order valence-electron chi connectivity index (χ2n) is 7.09. The Bertz CT molecular complexity index is 1180. The van der Waals surface area contributed by atoms with Gasteiger partial charge in [-0.05, 0) is 35.4 Å². The summed E-state index contributed by atoms with van der Waals surface area (Å²) >= 11 is 5.91. The fourth-order valence-electron chi connectivity index (χ4n) is 3.34. The molecule has 5 nitrogen and oxygen atoms in total. The Hall–Kier alpha value is -3.70. The molecular weight excluding hydrogens is 410 g/mol. The zero-order valence-corrected chi connectivity index (χ0v) is 17.3. The normalized spacial score (nSPS) is 10.8. The van der Waals surface area contributed by atoms with Gasteiger partial charge in [-0.3, -0.25) is 9.59 Å². The van der Waals surface area contributed by atoms with E-state index in [1.807, 2.05) is 60.7 Å². The predicted molar refractivity (Wildman–Crippen MR) is 122 cm³/mol. The zero-order chi connectivity index (χ0) is 21.6. The molecule has 1 aromatic heterocycles. The Balaban J connectivity index is 1.53. The highest BCUT2D eigenvalue weighted by Crippen LogP contribution is 2.22. The molecule has 4 aromatic rings. The second-order valence-corrected chi connectivity index (χ2v) is 7.53. The number of hydrogen-bond donors (Lipinski definition) is 2. The largest absolute Gasteiger partial charge is 0.345 e. The van der Waals surface area contributed by atoms with Crippen molar-refractivity contribution in [2.24, 2.45) is 0 Å². The SMILES string of the molecule is O=C(Cc1cnc(-c2ccc(Cl)cc2)[nH]c1=O)NC(c1ccccc1)c1ccccc1. The van der Waals surface area contributed by atoms with Gasteiger partial charge in [-0.15, -0.1) is 0 Å². The van der Waals surface area contributed by atoms with E-state index in [-0.39, 0.29) is 23.9 Å². The minimum Gasteiger partial charge on any atom is -0.345 e. The van der Waals surface area contributed by atoms with E-state index < -0.39 is 0 Å². The van der Waals surface area contributed by atoms with Gasteiger partial charge in [-0.1, -0.05) is 72.3 Å². The van der Waals surface area contributed by atoms with Crippen LogP contribution in [0.3, 0.4) is 0 Å². The first kappa shape index (κ1) is 20.6. The maximum Gasteiger partial charge on any atom is 0.254 e. The Kier molecular flexibility index (Phi) is 6.24. The lowest BCUT2D eigenvalue weighted by molar-refractivity contribution is -0.121. The minimum atomic E-state index is -0.342. The van der Waals surface area contributed by atoms with Crippen LogP contribution in [0.15, 0.2) is 95.9 Å². The van der Waals surface area contributed by atoms with E-state index in [1.54, 1.807) is 24.3 Å². The topological polar surface area (TPSA) is 74.8 Å². The van der Waals surface area contributed by atoms with Crippen molar-refractivity contribution in [2.75, 3.05) is 0 Å². The lowest BCUT2D eigenvalue weighted by atomic mass is 9.98. The van der Waals surface area contributed by atoms with E-state index in [0.29, 0.717) is 16.4 Å². The van der Waals surface area contributed by atoms with E-state index in [9.17, 15) is 9.59 Å². The van der Waals surface area contributed by atoms with E-state index in [4.69, 9.17) is 11.6 Å². The smallest absolute Gasteiger partial charge is 0.254 e. The van der Waals surface area contributed by atoms with Gasteiger partial charge in [0, 0.05) is 22.3 Å².